The third kappa shape index (κ3) is 2.58. The van der Waals surface area contributed by atoms with Crippen LogP contribution in [0.1, 0.15) is 32.1 Å². The Morgan fingerprint density at radius 2 is 1.62 bits per heavy atom. The molecule has 1 saturated heterocycles. The van der Waals surface area contributed by atoms with Gasteiger partial charge in [0.25, 0.3) is 0 Å². The maximum Gasteiger partial charge on any atom is 0.0283 e. The van der Waals surface area contributed by atoms with E-state index in [-0.39, 0.29) is 5.54 Å². The molecule has 2 N–H and O–H groups in total. The lowest BCUT2D eigenvalue weighted by molar-refractivity contribution is 0.0842. The first-order chi connectivity index (χ1) is 7.73. The number of piperazine rings is 1. The second-order valence-electron chi connectivity index (χ2n) is 6.24. The van der Waals surface area contributed by atoms with Crippen molar-refractivity contribution < 1.29 is 0 Å². The van der Waals surface area contributed by atoms with Gasteiger partial charge in [0.05, 0.1) is 0 Å². The molecule has 3 aliphatic rings. The zero-order valence-electron chi connectivity index (χ0n) is 10.3. The second kappa shape index (κ2) is 4.28. The zero-order chi connectivity index (χ0) is 11.0. The van der Waals surface area contributed by atoms with E-state index in [0.717, 1.165) is 12.5 Å². The summed E-state index contributed by atoms with van der Waals surface area (Å²) in [5.74, 6) is 1.04. The average Bonchev–Trinajstić information content (AvgIpc) is 3.03. The maximum atomic E-state index is 6.30. The van der Waals surface area contributed by atoms with Crippen LogP contribution in [0.15, 0.2) is 0 Å². The van der Waals surface area contributed by atoms with Crippen molar-refractivity contribution in [3.05, 3.63) is 0 Å². The number of nitrogens with zero attached hydrogens (tertiary/aromatic N) is 2. The number of hydrogen-bond donors (Lipinski definition) is 1. The second-order valence-corrected chi connectivity index (χ2v) is 6.24. The van der Waals surface area contributed by atoms with E-state index in [1.54, 1.807) is 0 Å². The highest BCUT2D eigenvalue weighted by molar-refractivity contribution is 4.96. The molecule has 1 heterocycles. The summed E-state index contributed by atoms with van der Waals surface area (Å²) in [4.78, 5) is 5.24. The topological polar surface area (TPSA) is 32.5 Å². The van der Waals surface area contributed by atoms with Crippen LogP contribution in [0, 0.1) is 5.92 Å². The van der Waals surface area contributed by atoms with E-state index in [0.29, 0.717) is 0 Å². The van der Waals surface area contributed by atoms with Crippen molar-refractivity contribution in [1.82, 2.24) is 9.80 Å². The number of rotatable bonds is 4. The predicted octanol–water partition coefficient (Wildman–Crippen LogP) is 0.895. The van der Waals surface area contributed by atoms with Gasteiger partial charge in [0.2, 0.25) is 0 Å². The minimum absolute atomic E-state index is 0.179. The Morgan fingerprint density at radius 1 is 1.00 bits per heavy atom. The van der Waals surface area contributed by atoms with Gasteiger partial charge >= 0.3 is 0 Å². The molecule has 16 heavy (non-hydrogen) atoms. The molecule has 3 fully saturated rings. The summed E-state index contributed by atoms with van der Waals surface area (Å²) < 4.78 is 0. The van der Waals surface area contributed by atoms with E-state index in [2.05, 4.69) is 9.80 Å². The van der Waals surface area contributed by atoms with Crippen LogP contribution in [-0.2, 0) is 0 Å². The van der Waals surface area contributed by atoms with E-state index in [1.807, 2.05) is 0 Å². The van der Waals surface area contributed by atoms with Gasteiger partial charge in [0.15, 0.2) is 0 Å². The summed E-state index contributed by atoms with van der Waals surface area (Å²) in [7, 11) is 0. The lowest BCUT2D eigenvalue weighted by Gasteiger charge is -2.44. The Labute approximate surface area is 99.0 Å². The van der Waals surface area contributed by atoms with Gasteiger partial charge in [-0.3, -0.25) is 4.90 Å². The Kier molecular flexibility index (Phi) is 2.94. The molecule has 0 spiro atoms. The maximum absolute atomic E-state index is 6.30. The molecule has 0 aromatic rings. The van der Waals surface area contributed by atoms with Gasteiger partial charge in [-0.1, -0.05) is 0 Å². The van der Waals surface area contributed by atoms with Crippen molar-refractivity contribution in [3.63, 3.8) is 0 Å². The summed E-state index contributed by atoms with van der Waals surface area (Å²) in [5, 5.41) is 0. The van der Waals surface area contributed by atoms with Gasteiger partial charge in [-0.05, 0) is 38.0 Å². The lowest BCUT2D eigenvalue weighted by Crippen LogP contribution is -2.58. The summed E-state index contributed by atoms with van der Waals surface area (Å²) in [6.07, 6.45) is 6.79. The Hall–Kier alpha value is -0.120. The molecule has 1 aliphatic heterocycles. The molecule has 3 rings (SSSR count). The molecule has 0 unspecified atom stereocenters. The molecule has 0 amide bonds. The minimum atomic E-state index is 0.179. The van der Waals surface area contributed by atoms with Crippen LogP contribution < -0.4 is 5.73 Å². The molecule has 0 radical (unpaired) electrons. The van der Waals surface area contributed by atoms with Crippen molar-refractivity contribution >= 4 is 0 Å². The first-order valence-electron chi connectivity index (χ1n) is 6.97. The van der Waals surface area contributed by atoms with E-state index in [9.17, 15) is 0 Å². The van der Waals surface area contributed by atoms with Crippen LogP contribution >= 0.6 is 0 Å². The van der Waals surface area contributed by atoms with Gasteiger partial charge in [0.1, 0.15) is 0 Å². The van der Waals surface area contributed by atoms with Crippen LogP contribution in [0.4, 0.5) is 0 Å². The molecule has 92 valence electrons. The predicted molar refractivity (Wildman–Crippen MR) is 66.4 cm³/mol. The molecular formula is C13H25N3. The van der Waals surface area contributed by atoms with Crippen molar-refractivity contribution in [3.8, 4) is 0 Å². The summed E-state index contributed by atoms with van der Waals surface area (Å²) >= 11 is 0. The SMILES string of the molecule is NC1(CN2CCN(CC3CC3)CC2)CCC1. The first-order valence-corrected chi connectivity index (χ1v) is 6.97. The van der Waals surface area contributed by atoms with Crippen molar-refractivity contribution in [2.45, 2.75) is 37.6 Å². The Morgan fingerprint density at radius 3 is 2.12 bits per heavy atom. The van der Waals surface area contributed by atoms with Gasteiger partial charge in [-0.15, -0.1) is 0 Å². The number of nitrogens with two attached hydrogens (primary N) is 1. The van der Waals surface area contributed by atoms with E-state index in [4.69, 9.17) is 5.73 Å². The fourth-order valence-corrected chi connectivity index (χ4v) is 3.03. The average molecular weight is 223 g/mol. The summed E-state index contributed by atoms with van der Waals surface area (Å²) in [5.41, 5.74) is 6.48. The van der Waals surface area contributed by atoms with E-state index < -0.39 is 0 Å². The van der Waals surface area contributed by atoms with Crippen LogP contribution in [0.2, 0.25) is 0 Å². The fraction of sp³-hybridized carbons (Fsp3) is 1.00. The quantitative estimate of drug-likeness (QED) is 0.768. The third-order valence-corrected chi connectivity index (χ3v) is 4.57. The molecule has 0 bridgehead atoms. The van der Waals surface area contributed by atoms with Crippen molar-refractivity contribution in [1.29, 1.82) is 0 Å². The monoisotopic (exact) mass is 223 g/mol. The van der Waals surface area contributed by atoms with Crippen LogP contribution in [0.3, 0.4) is 0 Å². The van der Waals surface area contributed by atoms with Crippen molar-refractivity contribution in [2.24, 2.45) is 11.7 Å². The van der Waals surface area contributed by atoms with Crippen LogP contribution in [0.25, 0.3) is 0 Å². The van der Waals surface area contributed by atoms with Crippen LogP contribution in [-0.4, -0.2) is 54.6 Å². The molecule has 0 aromatic carbocycles. The molecular weight excluding hydrogens is 198 g/mol. The molecule has 0 atom stereocenters. The van der Waals surface area contributed by atoms with E-state index in [1.165, 1.54) is 64.8 Å². The minimum Gasteiger partial charge on any atom is -0.324 e. The molecule has 0 aromatic heterocycles. The molecule has 3 nitrogen and oxygen atoms in total. The first kappa shape index (κ1) is 11.0. The normalized spacial score (nSPS) is 31.3. The smallest absolute Gasteiger partial charge is 0.0283 e. The highest BCUT2D eigenvalue weighted by Gasteiger charge is 2.35. The van der Waals surface area contributed by atoms with Gasteiger partial charge < -0.3 is 10.6 Å². The Bertz CT molecular complexity index is 238. The third-order valence-electron chi connectivity index (χ3n) is 4.57. The van der Waals surface area contributed by atoms with Crippen molar-refractivity contribution in [2.75, 3.05) is 39.3 Å². The van der Waals surface area contributed by atoms with Gasteiger partial charge in [-0.2, -0.15) is 0 Å². The summed E-state index contributed by atoms with van der Waals surface area (Å²) in [6.45, 7) is 7.53. The molecule has 2 aliphatic carbocycles. The zero-order valence-corrected chi connectivity index (χ0v) is 10.3. The Balaban J connectivity index is 1.39. The van der Waals surface area contributed by atoms with Crippen LogP contribution in [0.5, 0.6) is 0 Å². The van der Waals surface area contributed by atoms with Gasteiger partial charge in [0, 0.05) is 44.8 Å². The highest BCUT2D eigenvalue weighted by Crippen LogP contribution is 2.31. The summed E-state index contributed by atoms with van der Waals surface area (Å²) in [6, 6.07) is 0. The molecule has 2 saturated carbocycles. The fourth-order valence-electron chi connectivity index (χ4n) is 3.03. The largest absolute Gasteiger partial charge is 0.324 e. The highest BCUT2D eigenvalue weighted by atomic mass is 15.3. The standard InChI is InChI=1S/C13H25N3/c14-13(4-1-5-13)11-16-8-6-15(7-9-16)10-12-2-3-12/h12H,1-11,14H2. The van der Waals surface area contributed by atoms with E-state index >= 15 is 0 Å². The van der Waals surface area contributed by atoms with Gasteiger partial charge in [-0.25, -0.2) is 0 Å². The number of hydrogen-bond acceptors (Lipinski definition) is 3. The lowest BCUT2D eigenvalue weighted by atomic mass is 9.77. The molecule has 3 heteroatoms.